The number of urea groups is 1. The minimum absolute atomic E-state index is 0.00417. The molecule has 3 aliphatic rings. The van der Waals surface area contributed by atoms with Gasteiger partial charge >= 0.3 is 12.0 Å². The molecule has 0 N–H and O–H groups in total. The van der Waals surface area contributed by atoms with Gasteiger partial charge < -0.3 is 24.0 Å². The lowest BCUT2D eigenvalue weighted by Gasteiger charge is -2.40. The monoisotopic (exact) mass is 403 g/mol. The molecule has 8 nitrogen and oxygen atoms in total. The number of fused-ring (bicyclic) bond motifs is 1. The molecule has 0 radical (unpaired) electrons. The van der Waals surface area contributed by atoms with Gasteiger partial charge in [0.1, 0.15) is 12.7 Å². The van der Waals surface area contributed by atoms with Gasteiger partial charge in [-0.15, -0.1) is 0 Å². The van der Waals surface area contributed by atoms with Crippen molar-refractivity contribution in [3.63, 3.8) is 0 Å². The van der Waals surface area contributed by atoms with E-state index in [0.29, 0.717) is 45.6 Å². The summed E-state index contributed by atoms with van der Waals surface area (Å²) in [6.07, 6.45) is 1.36. The van der Waals surface area contributed by atoms with Crippen LogP contribution in [0.15, 0.2) is 24.3 Å². The van der Waals surface area contributed by atoms with Gasteiger partial charge in [0.2, 0.25) is 0 Å². The van der Waals surface area contributed by atoms with Crippen molar-refractivity contribution in [3.05, 3.63) is 24.3 Å². The molecule has 29 heavy (non-hydrogen) atoms. The molecule has 158 valence electrons. The van der Waals surface area contributed by atoms with Crippen molar-refractivity contribution >= 4 is 12.0 Å². The number of nitrogens with zero attached hydrogens (tertiary/aromatic N) is 3. The lowest BCUT2D eigenvalue weighted by molar-refractivity contribution is -0.146. The van der Waals surface area contributed by atoms with Crippen molar-refractivity contribution in [2.45, 2.75) is 18.9 Å². The number of benzene rings is 1. The quantitative estimate of drug-likeness (QED) is 0.712. The number of piperidine rings is 1. The van der Waals surface area contributed by atoms with Gasteiger partial charge in [-0.2, -0.15) is 0 Å². The predicted octanol–water partition coefficient (Wildman–Crippen LogP) is 1.45. The standard InChI is InChI=1S/C21H29N3O5/c1-27-20(25)16-6-8-23(9-7-16)21(26)24-12-10-22(11-13-24)14-17-15-28-18-4-2-3-5-19(18)29-17/h2-5,16-17H,6-15H2,1H3. The van der Waals surface area contributed by atoms with Crippen molar-refractivity contribution < 1.29 is 23.8 Å². The van der Waals surface area contributed by atoms with Crippen LogP contribution in [0.3, 0.4) is 0 Å². The van der Waals surface area contributed by atoms with Crippen LogP contribution in [-0.4, -0.2) is 92.3 Å². The molecule has 0 saturated carbocycles. The zero-order valence-corrected chi connectivity index (χ0v) is 16.9. The molecule has 0 spiro atoms. The van der Waals surface area contributed by atoms with Crippen LogP contribution in [-0.2, 0) is 9.53 Å². The maximum absolute atomic E-state index is 12.8. The Morgan fingerprint density at radius 1 is 1.00 bits per heavy atom. The summed E-state index contributed by atoms with van der Waals surface area (Å²) < 4.78 is 16.7. The molecule has 3 heterocycles. The highest BCUT2D eigenvalue weighted by Crippen LogP contribution is 2.31. The Labute approximate surface area is 171 Å². The van der Waals surface area contributed by atoms with Crippen molar-refractivity contribution in [1.29, 1.82) is 0 Å². The van der Waals surface area contributed by atoms with E-state index in [1.54, 1.807) is 0 Å². The molecular formula is C21H29N3O5. The summed E-state index contributed by atoms with van der Waals surface area (Å²) in [6, 6.07) is 7.82. The number of methoxy groups -OCH3 is 1. The van der Waals surface area contributed by atoms with E-state index in [1.807, 2.05) is 34.1 Å². The Hall–Kier alpha value is -2.48. The van der Waals surface area contributed by atoms with Crippen LogP contribution in [0.4, 0.5) is 4.79 Å². The molecule has 2 fully saturated rings. The first-order valence-electron chi connectivity index (χ1n) is 10.4. The second-order valence-electron chi connectivity index (χ2n) is 7.85. The van der Waals surface area contributed by atoms with E-state index in [2.05, 4.69) is 4.90 Å². The number of ether oxygens (including phenoxy) is 3. The maximum atomic E-state index is 12.8. The first kappa shape index (κ1) is 19.8. The summed E-state index contributed by atoms with van der Waals surface area (Å²) in [5.41, 5.74) is 0. The number of piperazine rings is 1. The summed E-state index contributed by atoms with van der Waals surface area (Å²) in [4.78, 5) is 30.6. The zero-order valence-electron chi connectivity index (χ0n) is 16.9. The number of esters is 1. The second kappa shape index (κ2) is 8.90. The highest BCUT2D eigenvalue weighted by atomic mass is 16.6. The van der Waals surface area contributed by atoms with Crippen LogP contribution in [0, 0.1) is 5.92 Å². The molecular weight excluding hydrogens is 374 g/mol. The van der Waals surface area contributed by atoms with Gasteiger partial charge in [0, 0.05) is 45.8 Å². The number of rotatable bonds is 3. The number of carbonyl (C=O) groups is 2. The molecule has 0 bridgehead atoms. The first-order valence-corrected chi connectivity index (χ1v) is 10.4. The van der Waals surface area contributed by atoms with E-state index in [-0.39, 0.29) is 24.0 Å². The summed E-state index contributed by atoms with van der Waals surface area (Å²) in [6.45, 7) is 5.64. The fraction of sp³-hybridized carbons (Fsp3) is 0.619. The van der Waals surface area contributed by atoms with Crippen molar-refractivity contribution in [3.8, 4) is 11.5 Å². The normalized spacial score (nSPS) is 23.0. The lowest BCUT2D eigenvalue weighted by atomic mass is 9.97. The summed E-state index contributed by atoms with van der Waals surface area (Å²) in [7, 11) is 1.42. The fourth-order valence-electron chi connectivity index (χ4n) is 4.24. The Kier molecular flexibility index (Phi) is 6.08. The second-order valence-corrected chi connectivity index (χ2v) is 7.85. The average molecular weight is 403 g/mol. The molecule has 1 atom stereocenters. The fourth-order valence-corrected chi connectivity index (χ4v) is 4.24. The molecule has 1 aromatic carbocycles. The van der Waals surface area contributed by atoms with Gasteiger partial charge in [0.05, 0.1) is 13.0 Å². The molecule has 1 unspecified atom stereocenters. The van der Waals surface area contributed by atoms with Gasteiger partial charge in [0.25, 0.3) is 0 Å². The van der Waals surface area contributed by atoms with Crippen molar-refractivity contribution in [2.24, 2.45) is 5.92 Å². The molecule has 2 saturated heterocycles. The third kappa shape index (κ3) is 4.58. The van der Waals surface area contributed by atoms with Crippen molar-refractivity contribution in [2.75, 3.05) is 59.5 Å². The molecule has 3 aliphatic heterocycles. The third-order valence-corrected chi connectivity index (χ3v) is 5.97. The van der Waals surface area contributed by atoms with Crippen LogP contribution >= 0.6 is 0 Å². The summed E-state index contributed by atoms with van der Waals surface area (Å²) in [5, 5.41) is 0. The number of likely N-dealkylation sites (tertiary alicyclic amines) is 1. The molecule has 0 aliphatic carbocycles. The van der Waals surface area contributed by atoms with Gasteiger partial charge in [-0.25, -0.2) is 4.79 Å². The number of amides is 2. The van der Waals surface area contributed by atoms with Crippen LogP contribution in [0.25, 0.3) is 0 Å². The van der Waals surface area contributed by atoms with Gasteiger partial charge in [0.15, 0.2) is 11.5 Å². The van der Waals surface area contributed by atoms with E-state index in [0.717, 1.165) is 31.1 Å². The highest BCUT2D eigenvalue weighted by molar-refractivity contribution is 5.76. The topological polar surface area (TPSA) is 71.6 Å². The SMILES string of the molecule is COC(=O)C1CCN(C(=O)N2CCN(CC3COc4ccccc4O3)CC2)CC1. The number of carbonyl (C=O) groups excluding carboxylic acids is 2. The minimum Gasteiger partial charge on any atom is -0.486 e. The van der Waals surface area contributed by atoms with Gasteiger partial charge in [-0.1, -0.05) is 12.1 Å². The largest absolute Gasteiger partial charge is 0.486 e. The molecule has 1 aromatic rings. The van der Waals surface area contributed by atoms with Gasteiger partial charge in [-0.05, 0) is 25.0 Å². The van der Waals surface area contributed by atoms with Crippen LogP contribution < -0.4 is 9.47 Å². The van der Waals surface area contributed by atoms with Crippen LogP contribution in [0.5, 0.6) is 11.5 Å². The zero-order chi connectivity index (χ0) is 20.2. The van der Waals surface area contributed by atoms with E-state index in [1.165, 1.54) is 7.11 Å². The molecule has 4 rings (SSSR count). The minimum atomic E-state index is -0.165. The van der Waals surface area contributed by atoms with Crippen LogP contribution in [0.1, 0.15) is 12.8 Å². The number of hydrogen-bond donors (Lipinski definition) is 0. The average Bonchev–Trinajstić information content (AvgIpc) is 2.78. The van der Waals surface area contributed by atoms with E-state index in [4.69, 9.17) is 14.2 Å². The van der Waals surface area contributed by atoms with Crippen molar-refractivity contribution in [1.82, 2.24) is 14.7 Å². The molecule has 0 aromatic heterocycles. The smallest absolute Gasteiger partial charge is 0.320 e. The van der Waals surface area contributed by atoms with Crippen LogP contribution in [0.2, 0.25) is 0 Å². The van der Waals surface area contributed by atoms with E-state index >= 15 is 0 Å². The number of para-hydroxylation sites is 2. The highest BCUT2D eigenvalue weighted by Gasteiger charge is 2.32. The Balaban J connectivity index is 1.21. The third-order valence-electron chi connectivity index (χ3n) is 5.97. The number of hydrogen-bond acceptors (Lipinski definition) is 6. The predicted molar refractivity (Wildman–Crippen MR) is 106 cm³/mol. The van der Waals surface area contributed by atoms with E-state index < -0.39 is 0 Å². The molecule has 8 heteroatoms. The maximum Gasteiger partial charge on any atom is 0.320 e. The first-order chi connectivity index (χ1) is 14.1. The Bertz CT molecular complexity index is 727. The van der Waals surface area contributed by atoms with E-state index in [9.17, 15) is 9.59 Å². The Morgan fingerprint density at radius 2 is 1.66 bits per heavy atom. The lowest BCUT2D eigenvalue weighted by Crippen LogP contribution is -2.55. The summed E-state index contributed by atoms with van der Waals surface area (Å²) in [5.74, 6) is 1.36. The Morgan fingerprint density at radius 3 is 2.34 bits per heavy atom. The van der Waals surface area contributed by atoms with Gasteiger partial charge in [-0.3, -0.25) is 9.69 Å². The summed E-state index contributed by atoms with van der Waals surface area (Å²) >= 11 is 0. The molecule has 2 amide bonds.